The van der Waals surface area contributed by atoms with E-state index in [2.05, 4.69) is 10.5 Å². The highest BCUT2D eigenvalue weighted by atomic mass is 32.2. The molecule has 0 bridgehead atoms. The number of ether oxygens (including phenoxy) is 1. The highest BCUT2D eigenvalue weighted by Gasteiger charge is 2.27. The minimum Gasteiger partial charge on any atom is -0.497 e. The van der Waals surface area contributed by atoms with Gasteiger partial charge in [0.25, 0.3) is 15.9 Å². The lowest BCUT2D eigenvalue weighted by Crippen LogP contribution is -2.40. The third kappa shape index (κ3) is 5.12. The number of anilines is 1. The molecule has 8 heteroatoms. The second-order valence-electron chi connectivity index (χ2n) is 8.13. The van der Waals surface area contributed by atoms with Crippen LogP contribution < -0.4 is 14.5 Å². The highest BCUT2D eigenvalue weighted by molar-refractivity contribution is 7.92. The van der Waals surface area contributed by atoms with Crippen LogP contribution in [0.1, 0.15) is 29.5 Å². The summed E-state index contributed by atoms with van der Waals surface area (Å²) in [4.78, 5) is 13.0. The highest BCUT2D eigenvalue weighted by Crippen LogP contribution is 2.26. The number of fused-ring (bicyclic) bond motifs is 1. The van der Waals surface area contributed by atoms with Gasteiger partial charge in [-0.1, -0.05) is 35.9 Å². The number of amides is 1. The molecule has 34 heavy (non-hydrogen) atoms. The summed E-state index contributed by atoms with van der Waals surface area (Å²) in [5.74, 6) is 0.261. The molecule has 3 aromatic rings. The van der Waals surface area contributed by atoms with Gasteiger partial charge in [-0.05, 0) is 74.2 Å². The maximum Gasteiger partial charge on any atom is 0.264 e. The number of aryl methyl sites for hydroxylation is 2. The molecule has 3 aromatic carbocycles. The Morgan fingerprint density at radius 1 is 1.03 bits per heavy atom. The molecule has 0 aliphatic heterocycles. The summed E-state index contributed by atoms with van der Waals surface area (Å²) in [7, 11) is -2.32. The molecule has 1 amide bonds. The molecular weight excluding hydrogens is 450 g/mol. The van der Waals surface area contributed by atoms with Crippen molar-refractivity contribution < 1.29 is 17.9 Å². The van der Waals surface area contributed by atoms with Gasteiger partial charge in [-0.3, -0.25) is 9.10 Å². The summed E-state index contributed by atoms with van der Waals surface area (Å²) in [6, 6.07) is 20.9. The van der Waals surface area contributed by atoms with E-state index in [-0.39, 0.29) is 4.90 Å². The molecule has 0 unspecified atom stereocenters. The smallest absolute Gasteiger partial charge is 0.264 e. The number of methoxy groups -OCH3 is 1. The molecule has 176 valence electrons. The largest absolute Gasteiger partial charge is 0.497 e. The lowest BCUT2D eigenvalue weighted by atomic mass is 9.90. The van der Waals surface area contributed by atoms with Crippen molar-refractivity contribution in [2.24, 2.45) is 5.10 Å². The number of sulfonamides is 1. The fraction of sp³-hybridized carbons (Fsp3) is 0.231. The van der Waals surface area contributed by atoms with Crippen molar-refractivity contribution in [2.75, 3.05) is 18.0 Å². The predicted molar refractivity (Wildman–Crippen MR) is 133 cm³/mol. The van der Waals surface area contributed by atoms with Crippen LogP contribution in [-0.2, 0) is 21.2 Å². The summed E-state index contributed by atoms with van der Waals surface area (Å²) in [6.45, 7) is 1.52. The zero-order valence-electron chi connectivity index (χ0n) is 19.2. The Morgan fingerprint density at radius 3 is 2.47 bits per heavy atom. The number of nitrogens with zero attached hydrogens (tertiary/aromatic N) is 2. The average molecular weight is 478 g/mol. The van der Waals surface area contributed by atoms with Gasteiger partial charge in [0.15, 0.2) is 0 Å². The van der Waals surface area contributed by atoms with Crippen LogP contribution in [0.25, 0.3) is 0 Å². The quantitative estimate of drug-likeness (QED) is 0.520. The zero-order chi connectivity index (χ0) is 24.1. The standard InChI is InChI=1S/C26H27N3O4S/c1-19-11-13-21(14-12-19)29(34(31,32)23-8-4-3-5-9-23)18-26(30)28-27-25-10-6-7-20-17-22(33-2)15-16-24(20)25/h3-5,8-9,11-17H,6-7,10,18H2,1-2H3,(H,28,30)/b27-25+. The minimum absolute atomic E-state index is 0.116. The lowest BCUT2D eigenvalue weighted by molar-refractivity contribution is -0.119. The molecule has 0 spiro atoms. The van der Waals surface area contributed by atoms with Crippen molar-refractivity contribution in [2.45, 2.75) is 31.1 Å². The predicted octanol–water partition coefficient (Wildman–Crippen LogP) is 4.06. The fourth-order valence-electron chi connectivity index (χ4n) is 3.92. The molecule has 1 aliphatic carbocycles. The van der Waals surface area contributed by atoms with Gasteiger partial charge in [0.2, 0.25) is 0 Å². The first kappa shape index (κ1) is 23.5. The Morgan fingerprint density at radius 2 is 1.76 bits per heavy atom. The Hall–Kier alpha value is -3.65. The van der Waals surface area contributed by atoms with Crippen molar-refractivity contribution in [1.82, 2.24) is 5.43 Å². The summed E-state index contributed by atoms with van der Waals surface area (Å²) >= 11 is 0. The first-order valence-corrected chi connectivity index (χ1v) is 12.5. The third-order valence-corrected chi connectivity index (χ3v) is 7.53. The number of benzene rings is 3. The van der Waals surface area contributed by atoms with Gasteiger partial charge in [0.1, 0.15) is 12.3 Å². The summed E-state index contributed by atoms with van der Waals surface area (Å²) < 4.78 is 33.2. The van der Waals surface area contributed by atoms with Crippen molar-refractivity contribution >= 4 is 27.3 Å². The lowest BCUT2D eigenvalue weighted by Gasteiger charge is -2.24. The summed E-state index contributed by atoms with van der Waals surface area (Å²) in [6.07, 6.45) is 2.55. The van der Waals surface area contributed by atoms with E-state index in [0.29, 0.717) is 5.69 Å². The van der Waals surface area contributed by atoms with E-state index in [9.17, 15) is 13.2 Å². The molecule has 1 N–H and O–H groups in total. The fourth-order valence-corrected chi connectivity index (χ4v) is 5.37. The van der Waals surface area contributed by atoms with E-state index in [0.717, 1.165) is 51.7 Å². The van der Waals surface area contributed by atoms with Crippen molar-refractivity contribution in [3.8, 4) is 5.75 Å². The van der Waals surface area contributed by atoms with Crippen LogP contribution in [0.15, 0.2) is 82.8 Å². The van der Waals surface area contributed by atoms with Gasteiger partial charge in [0, 0.05) is 5.56 Å². The molecule has 0 saturated heterocycles. The van der Waals surface area contributed by atoms with E-state index >= 15 is 0 Å². The Bertz CT molecular complexity index is 1300. The maximum atomic E-state index is 13.4. The molecular formula is C26H27N3O4S. The Balaban J connectivity index is 1.58. The van der Waals surface area contributed by atoms with E-state index in [1.807, 2.05) is 37.3 Å². The van der Waals surface area contributed by atoms with Crippen LogP contribution in [0.3, 0.4) is 0 Å². The Labute approximate surface area is 200 Å². The summed E-state index contributed by atoms with van der Waals surface area (Å²) in [5.41, 5.74) is 6.83. The normalized spacial score (nSPS) is 14.4. The average Bonchev–Trinajstić information content (AvgIpc) is 2.86. The topological polar surface area (TPSA) is 88.1 Å². The van der Waals surface area contributed by atoms with Crippen LogP contribution in [0.2, 0.25) is 0 Å². The van der Waals surface area contributed by atoms with Crippen LogP contribution in [-0.4, -0.2) is 33.7 Å². The third-order valence-electron chi connectivity index (χ3n) is 5.74. The van der Waals surface area contributed by atoms with Gasteiger partial charge in [-0.25, -0.2) is 13.8 Å². The number of carbonyl (C=O) groups is 1. The SMILES string of the molecule is COc1ccc2c(c1)CCC/C2=N\NC(=O)CN(c1ccc(C)cc1)S(=O)(=O)c1ccccc1. The molecule has 0 saturated carbocycles. The van der Waals surface area contributed by atoms with Crippen molar-refractivity contribution in [3.63, 3.8) is 0 Å². The van der Waals surface area contributed by atoms with Crippen LogP contribution >= 0.6 is 0 Å². The number of rotatable bonds is 7. The first-order valence-electron chi connectivity index (χ1n) is 11.1. The zero-order valence-corrected chi connectivity index (χ0v) is 20.0. The monoisotopic (exact) mass is 477 g/mol. The van der Waals surface area contributed by atoms with Crippen molar-refractivity contribution in [3.05, 3.63) is 89.5 Å². The van der Waals surface area contributed by atoms with E-state index in [1.165, 1.54) is 12.1 Å². The van der Waals surface area contributed by atoms with Gasteiger partial charge in [0.05, 0.1) is 23.4 Å². The van der Waals surface area contributed by atoms with Gasteiger partial charge in [-0.2, -0.15) is 5.10 Å². The second kappa shape index (κ2) is 10.1. The van der Waals surface area contributed by atoms with Crippen LogP contribution in [0.5, 0.6) is 5.75 Å². The molecule has 4 rings (SSSR count). The minimum atomic E-state index is -3.95. The molecule has 0 heterocycles. The molecule has 0 atom stereocenters. The maximum absolute atomic E-state index is 13.4. The number of hydrazone groups is 1. The second-order valence-corrected chi connectivity index (χ2v) is 9.99. The molecule has 0 fully saturated rings. The van der Waals surface area contributed by atoms with E-state index in [4.69, 9.17) is 4.74 Å². The van der Waals surface area contributed by atoms with Crippen LogP contribution in [0, 0.1) is 6.92 Å². The number of nitrogens with one attached hydrogen (secondary N) is 1. The van der Waals surface area contributed by atoms with Crippen molar-refractivity contribution in [1.29, 1.82) is 0 Å². The first-order chi connectivity index (χ1) is 16.4. The van der Waals surface area contributed by atoms with Gasteiger partial charge < -0.3 is 4.74 Å². The summed E-state index contributed by atoms with van der Waals surface area (Å²) in [5, 5.41) is 4.35. The van der Waals surface area contributed by atoms with E-state index in [1.54, 1.807) is 37.4 Å². The van der Waals surface area contributed by atoms with Gasteiger partial charge in [-0.15, -0.1) is 0 Å². The number of hydrogen-bond acceptors (Lipinski definition) is 5. The molecule has 0 aromatic heterocycles. The van der Waals surface area contributed by atoms with Crippen LogP contribution in [0.4, 0.5) is 5.69 Å². The Kier molecular flexibility index (Phi) is 6.98. The molecule has 0 radical (unpaired) electrons. The van der Waals surface area contributed by atoms with E-state index < -0.39 is 22.5 Å². The number of hydrogen-bond donors (Lipinski definition) is 1. The molecule has 1 aliphatic rings. The van der Waals surface area contributed by atoms with Gasteiger partial charge >= 0.3 is 0 Å². The molecule has 7 nitrogen and oxygen atoms in total. The number of carbonyl (C=O) groups excluding carboxylic acids is 1.